The molecule has 0 saturated heterocycles. The maximum atomic E-state index is 9.47. The number of fused-ring (bicyclic) bond motifs is 3. The van der Waals surface area contributed by atoms with Gasteiger partial charge in [0, 0.05) is 32.9 Å². The van der Waals surface area contributed by atoms with Crippen molar-refractivity contribution >= 4 is 31.5 Å². The number of benzene rings is 2. The summed E-state index contributed by atoms with van der Waals surface area (Å²) in [6.45, 7) is 3.95. The van der Waals surface area contributed by atoms with Crippen LogP contribution in [0, 0.1) is 11.3 Å². The fourth-order valence-corrected chi connectivity index (χ4v) is 3.72. The molecule has 0 aliphatic rings. The molecule has 1 N–H and O–H groups in total. The van der Waals surface area contributed by atoms with E-state index in [1.165, 1.54) is 20.2 Å². The van der Waals surface area contributed by atoms with Crippen molar-refractivity contribution in [3.8, 4) is 6.07 Å². The van der Waals surface area contributed by atoms with Crippen molar-refractivity contribution < 1.29 is 0 Å². The van der Waals surface area contributed by atoms with Crippen LogP contribution in [0.5, 0.6) is 0 Å². The number of likely N-dealkylation sites (N-methyl/N-ethyl adjacent to an activating group) is 1. The van der Waals surface area contributed by atoms with E-state index in [0.29, 0.717) is 0 Å². The molecule has 1 atom stereocenters. The SMILES string of the molecule is C=C(NC)C(C#N)c1cccc2c1sc1ccccc12. The van der Waals surface area contributed by atoms with E-state index in [1.54, 1.807) is 18.4 Å². The van der Waals surface area contributed by atoms with Crippen molar-refractivity contribution in [2.24, 2.45) is 0 Å². The first-order chi connectivity index (χ1) is 9.76. The first-order valence-corrected chi connectivity index (χ1v) is 7.24. The van der Waals surface area contributed by atoms with Crippen LogP contribution in [0.15, 0.2) is 54.7 Å². The molecular formula is C17H14N2S. The van der Waals surface area contributed by atoms with E-state index in [0.717, 1.165) is 11.3 Å². The first kappa shape index (κ1) is 12.7. The molecule has 0 amide bonds. The van der Waals surface area contributed by atoms with Crippen molar-refractivity contribution in [1.82, 2.24) is 5.32 Å². The van der Waals surface area contributed by atoms with Gasteiger partial charge in [0.2, 0.25) is 0 Å². The third kappa shape index (κ3) is 1.86. The molecule has 0 bridgehead atoms. The molecule has 2 nitrogen and oxygen atoms in total. The predicted molar refractivity (Wildman–Crippen MR) is 85.9 cm³/mol. The maximum Gasteiger partial charge on any atom is 0.112 e. The average Bonchev–Trinajstić information content (AvgIpc) is 2.87. The molecule has 3 heteroatoms. The predicted octanol–water partition coefficient (Wildman–Crippen LogP) is 4.39. The molecule has 2 aromatic carbocycles. The summed E-state index contributed by atoms with van der Waals surface area (Å²) < 4.78 is 2.43. The Balaban J connectivity index is 2.32. The second-order valence-electron chi connectivity index (χ2n) is 4.66. The molecule has 3 aromatic rings. The van der Waals surface area contributed by atoms with Crippen molar-refractivity contribution in [2.45, 2.75) is 5.92 Å². The van der Waals surface area contributed by atoms with Gasteiger partial charge >= 0.3 is 0 Å². The van der Waals surface area contributed by atoms with E-state index < -0.39 is 0 Å². The minimum Gasteiger partial charge on any atom is -0.391 e. The van der Waals surface area contributed by atoms with E-state index in [1.807, 2.05) is 18.2 Å². The molecule has 3 rings (SSSR count). The highest BCUT2D eigenvalue weighted by molar-refractivity contribution is 7.26. The largest absolute Gasteiger partial charge is 0.391 e. The number of allylic oxidation sites excluding steroid dienone is 1. The van der Waals surface area contributed by atoms with Gasteiger partial charge in [-0.15, -0.1) is 11.3 Å². The topological polar surface area (TPSA) is 35.8 Å². The summed E-state index contributed by atoms with van der Waals surface area (Å²) in [5.41, 5.74) is 1.77. The number of thiophene rings is 1. The van der Waals surface area contributed by atoms with Gasteiger partial charge in [-0.2, -0.15) is 5.26 Å². The molecule has 0 radical (unpaired) electrons. The molecule has 0 spiro atoms. The van der Waals surface area contributed by atoms with E-state index in [-0.39, 0.29) is 5.92 Å². The lowest BCUT2D eigenvalue weighted by Gasteiger charge is -2.13. The highest BCUT2D eigenvalue weighted by atomic mass is 32.1. The lowest BCUT2D eigenvalue weighted by atomic mass is 9.96. The Morgan fingerprint density at radius 2 is 1.95 bits per heavy atom. The van der Waals surface area contributed by atoms with Crippen LogP contribution in [-0.4, -0.2) is 7.05 Å². The fraction of sp³-hybridized carbons (Fsp3) is 0.118. The molecular weight excluding hydrogens is 264 g/mol. The van der Waals surface area contributed by atoms with Gasteiger partial charge in [0.25, 0.3) is 0 Å². The Kier molecular flexibility index (Phi) is 3.17. The van der Waals surface area contributed by atoms with Crippen LogP contribution >= 0.6 is 11.3 Å². The van der Waals surface area contributed by atoms with Gasteiger partial charge in [0.15, 0.2) is 0 Å². The van der Waals surface area contributed by atoms with Crippen LogP contribution in [0.1, 0.15) is 11.5 Å². The summed E-state index contributed by atoms with van der Waals surface area (Å²) in [4.78, 5) is 0. The second-order valence-corrected chi connectivity index (χ2v) is 5.71. The van der Waals surface area contributed by atoms with Crippen LogP contribution in [0.4, 0.5) is 0 Å². The number of nitriles is 1. The molecule has 0 fully saturated rings. The Labute approximate surface area is 122 Å². The molecule has 0 aliphatic heterocycles. The summed E-state index contributed by atoms with van der Waals surface area (Å²) in [6, 6.07) is 16.9. The van der Waals surface area contributed by atoms with Gasteiger partial charge in [-0.05, 0) is 11.6 Å². The Morgan fingerprint density at radius 3 is 2.70 bits per heavy atom. The zero-order valence-electron chi connectivity index (χ0n) is 11.2. The highest BCUT2D eigenvalue weighted by Gasteiger charge is 2.18. The zero-order chi connectivity index (χ0) is 14.1. The molecule has 0 aliphatic carbocycles. The summed E-state index contributed by atoms with van der Waals surface area (Å²) in [5, 5.41) is 14.9. The summed E-state index contributed by atoms with van der Waals surface area (Å²) in [7, 11) is 1.80. The number of nitrogens with zero attached hydrogens (tertiary/aromatic N) is 1. The van der Waals surface area contributed by atoms with Gasteiger partial charge in [-0.1, -0.05) is 43.0 Å². The lowest BCUT2D eigenvalue weighted by Crippen LogP contribution is -2.12. The van der Waals surface area contributed by atoms with E-state index in [9.17, 15) is 5.26 Å². The van der Waals surface area contributed by atoms with Crippen molar-refractivity contribution in [1.29, 1.82) is 5.26 Å². The van der Waals surface area contributed by atoms with Gasteiger partial charge < -0.3 is 5.32 Å². The molecule has 1 aromatic heterocycles. The van der Waals surface area contributed by atoms with Gasteiger partial charge in [-0.25, -0.2) is 0 Å². The fourth-order valence-electron chi connectivity index (χ4n) is 2.48. The Morgan fingerprint density at radius 1 is 1.20 bits per heavy atom. The first-order valence-electron chi connectivity index (χ1n) is 6.42. The standard InChI is InChI=1S/C17H14N2S/c1-11(19-2)15(10-18)14-8-5-7-13-12-6-3-4-9-16(12)20-17(13)14/h3-9,15,19H,1H2,2H3. The Bertz CT molecular complexity index is 839. The quantitative estimate of drug-likeness (QED) is 0.771. The van der Waals surface area contributed by atoms with Gasteiger partial charge in [0.05, 0.1) is 6.07 Å². The smallest absolute Gasteiger partial charge is 0.112 e. The lowest BCUT2D eigenvalue weighted by molar-refractivity contribution is 0.870. The highest BCUT2D eigenvalue weighted by Crippen LogP contribution is 2.39. The summed E-state index contributed by atoms with van der Waals surface area (Å²) in [5.74, 6) is -0.322. The van der Waals surface area contributed by atoms with Crippen LogP contribution in [0.3, 0.4) is 0 Å². The monoisotopic (exact) mass is 278 g/mol. The normalized spacial score (nSPS) is 12.2. The van der Waals surface area contributed by atoms with Gasteiger partial charge in [0.1, 0.15) is 5.92 Å². The van der Waals surface area contributed by atoms with Crippen LogP contribution in [0.2, 0.25) is 0 Å². The molecule has 98 valence electrons. The molecule has 1 heterocycles. The van der Waals surface area contributed by atoms with Gasteiger partial charge in [-0.3, -0.25) is 0 Å². The van der Waals surface area contributed by atoms with E-state index in [2.05, 4.69) is 42.2 Å². The summed E-state index contributed by atoms with van der Waals surface area (Å²) in [6.07, 6.45) is 0. The van der Waals surface area contributed by atoms with E-state index in [4.69, 9.17) is 0 Å². The van der Waals surface area contributed by atoms with Crippen molar-refractivity contribution in [3.63, 3.8) is 0 Å². The number of rotatable bonds is 3. The third-order valence-electron chi connectivity index (χ3n) is 3.54. The zero-order valence-corrected chi connectivity index (χ0v) is 12.0. The number of hydrogen-bond donors (Lipinski definition) is 1. The number of hydrogen-bond acceptors (Lipinski definition) is 3. The minimum atomic E-state index is -0.322. The van der Waals surface area contributed by atoms with Crippen LogP contribution in [0.25, 0.3) is 20.2 Å². The number of nitrogens with one attached hydrogen (secondary N) is 1. The second kappa shape index (κ2) is 4.99. The molecule has 20 heavy (non-hydrogen) atoms. The average molecular weight is 278 g/mol. The summed E-state index contributed by atoms with van der Waals surface area (Å²) >= 11 is 1.74. The molecule has 0 saturated carbocycles. The third-order valence-corrected chi connectivity index (χ3v) is 4.78. The molecule has 1 unspecified atom stereocenters. The minimum absolute atomic E-state index is 0.322. The van der Waals surface area contributed by atoms with E-state index >= 15 is 0 Å². The van der Waals surface area contributed by atoms with Crippen LogP contribution < -0.4 is 5.32 Å². The Hall–Kier alpha value is -2.31. The van der Waals surface area contributed by atoms with Crippen molar-refractivity contribution in [3.05, 3.63) is 60.3 Å². The maximum absolute atomic E-state index is 9.47. The van der Waals surface area contributed by atoms with Crippen LogP contribution in [-0.2, 0) is 0 Å². The van der Waals surface area contributed by atoms with Crippen molar-refractivity contribution in [2.75, 3.05) is 7.05 Å².